The molecule has 0 N–H and O–H groups in total. The molecule has 1 aliphatic rings. The summed E-state index contributed by atoms with van der Waals surface area (Å²) in [7, 11) is 0. The highest BCUT2D eigenvalue weighted by Crippen LogP contribution is 2.38. The van der Waals surface area contributed by atoms with Gasteiger partial charge in [-0.15, -0.1) is 0 Å². The van der Waals surface area contributed by atoms with Crippen LogP contribution in [0.25, 0.3) is 11.0 Å². The predicted octanol–water partition coefficient (Wildman–Crippen LogP) is 4.08. The summed E-state index contributed by atoms with van der Waals surface area (Å²) < 4.78 is 16.5. The molecule has 0 aliphatic carbocycles. The molecule has 122 valence electrons. The third-order valence-corrected chi connectivity index (χ3v) is 4.24. The summed E-state index contributed by atoms with van der Waals surface area (Å²) >= 11 is 0. The van der Waals surface area contributed by atoms with E-state index in [1.165, 1.54) is 11.6 Å². The minimum Gasteiger partial charge on any atom is -0.489 e. The SMILES string of the molecule is C/C(=C\COc1ccc2ccc(=O)oc2c1)CC[C@@H]1OC1(C)C. The third kappa shape index (κ3) is 4.02. The van der Waals surface area contributed by atoms with Crippen molar-refractivity contribution >= 4 is 11.0 Å². The smallest absolute Gasteiger partial charge is 0.336 e. The zero-order valence-corrected chi connectivity index (χ0v) is 13.8. The van der Waals surface area contributed by atoms with Gasteiger partial charge in [0, 0.05) is 17.5 Å². The normalized spacial score (nSPS) is 19.8. The lowest BCUT2D eigenvalue weighted by atomic mass is 10.0. The van der Waals surface area contributed by atoms with Gasteiger partial charge in [0.15, 0.2) is 0 Å². The molecular weight excluding hydrogens is 292 g/mol. The maximum atomic E-state index is 11.2. The molecule has 2 aromatic rings. The fourth-order valence-corrected chi connectivity index (χ4v) is 2.61. The molecule has 0 unspecified atom stereocenters. The lowest BCUT2D eigenvalue weighted by molar-refractivity contribution is 0.320. The second kappa shape index (κ2) is 6.20. The first kappa shape index (κ1) is 15.8. The number of allylic oxidation sites excluding steroid dienone is 1. The lowest BCUT2D eigenvalue weighted by Gasteiger charge is -2.05. The molecule has 23 heavy (non-hydrogen) atoms. The molecule has 2 heterocycles. The molecule has 4 nitrogen and oxygen atoms in total. The Morgan fingerprint density at radius 1 is 1.30 bits per heavy atom. The van der Waals surface area contributed by atoms with E-state index in [0.29, 0.717) is 24.0 Å². The van der Waals surface area contributed by atoms with Gasteiger partial charge in [-0.3, -0.25) is 0 Å². The van der Waals surface area contributed by atoms with E-state index in [9.17, 15) is 4.79 Å². The van der Waals surface area contributed by atoms with E-state index in [-0.39, 0.29) is 11.2 Å². The van der Waals surface area contributed by atoms with Crippen LogP contribution >= 0.6 is 0 Å². The van der Waals surface area contributed by atoms with Gasteiger partial charge in [-0.1, -0.05) is 5.57 Å². The number of benzene rings is 1. The molecule has 0 bridgehead atoms. The molecular formula is C19H22O4. The molecule has 0 saturated carbocycles. The molecule has 0 spiro atoms. The van der Waals surface area contributed by atoms with Crippen molar-refractivity contribution < 1.29 is 13.9 Å². The van der Waals surface area contributed by atoms with Crippen molar-refractivity contribution in [3.63, 3.8) is 0 Å². The average molecular weight is 314 g/mol. The van der Waals surface area contributed by atoms with Gasteiger partial charge < -0.3 is 13.9 Å². The first-order valence-electron chi connectivity index (χ1n) is 7.94. The van der Waals surface area contributed by atoms with Crippen LogP contribution in [-0.4, -0.2) is 18.3 Å². The van der Waals surface area contributed by atoms with Gasteiger partial charge in [-0.25, -0.2) is 4.79 Å². The Kier molecular flexibility index (Phi) is 4.26. The van der Waals surface area contributed by atoms with Crippen LogP contribution in [0.1, 0.15) is 33.6 Å². The van der Waals surface area contributed by atoms with Gasteiger partial charge in [0.05, 0.1) is 11.7 Å². The standard InChI is InChI=1S/C19H22O4/c1-13(4-8-17-19(2,3)23-17)10-11-21-15-7-5-14-6-9-18(20)22-16(14)12-15/h5-7,9-10,12,17H,4,8,11H2,1-3H3/b13-10+/t17-/m0/s1. The number of hydrogen-bond donors (Lipinski definition) is 0. The zero-order chi connectivity index (χ0) is 16.4. The lowest BCUT2D eigenvalue weighted by Crippen LogP contribution is -2.03. The van der Waals surface area contributed by atoms with Gasteiger partial charge in [-0.2, -0.15) is 0 Å². The van der Waals surface area contributed by atoms with E-state index in [1.807, 2.05) is 12.1 Å². The minimum absolute atomic E-state index is 0.0613. The van der Waals surface area contributed by atoms with E-state index in [4.69, 9.17) is 13.9 Å². The van der Waals surface area contributed by atoms with E-state index in [0.717, 1.165) is 18.2 Å². The minimum atomic E-state index is -0.351. The Bertz CT molecular complexity index is 785. The van der Waals surface area contributed by atoms with Crippen LogP contribution in [-0.2, 0) is 4.74 Å². The van der Waals surface area contributed by atoms with Gasteiger partial charge in [0.2, 0.25) is 0 Å². The van der Waals surface area contributed by atoms with Gasteiger partial charge in [-0.05, 0) is 57.9 Å². The van der Waals surface area contributed by atoms with Crippen LogP contribution in [0, 0.1) is 0 Å². The fourth-order valence-electron chi connectivity index (χ4n) is 2.61. The number of hydrogen-bond acceptors (Lipinski definition) is 4. The molecule has 1 aliphatic heterocycles. The van der Waals surface area contributed by atoms with E-state index in [1.54, 1.807) is 12.1 Å². The molecule has 0 amide bonds. The van der Waals surface area contributed by atoms with Crippen LogP contribution in [0.4, 0.5) is 0 Å². The predicted molar refractivity (Wildman–Crippen MR) is 89.9 cm³/mol. The molecule has 3 rings (SSSR count). The summed E-state index contributed by atoms with van der Waals surface area (Å²) in [5, 5.41) is 0.885. The highest BCUT2D eigenvalue weighted by atomic mass is 16.6. The quantitative estimate of drug-likeness (QED) is 0.458. The second-order valence-corrected chi connectivity index (χ2v) is 6.56. The van der Waals surface area contributed by atoms with Crippen LogP contribution in [0.5, 0.6) is 5.75 Å². The zero-order valence-electron chi connectivity index (χ0n) is 13.8. The Hall–Kier alpha value is -2.07. The van der Waals surface area contributed by atoms with Crippen molar-refractivity contribution in [2.45, 2.75) is 45.3 Å². The maximum absolute atomic E-state index is 11.2. The van der Waals surface area contributed by atoms with E-state index in [2.05, 4.69) is 26.8 Å². The van der Waals surface area contributed by atoms with E-state index < -0.39 is 0 Å². The summed E-state index contributed by atoms with van der Waals surface area (Å²) in [5.41, 5.74) is 1.55. The van der Waals surface area contributed by atoms with Crippen molar-refractivity contribution in [3.8, 4) is 5.75 Å². The van der Waals surface area contributed by atoms with Crippen molar-refractivity contribution in [2.75, 3.05) is 6.61 Å². The first-order chi connectivity index (χ1) is 10.9. The molecule has 1 atom stereocenters. The Labute approximate surface area is 135 Å². The number of epoxide rings is 1. The van der Waals surface area contributed by atoms with Crippen molar-refractivity contribution in [1.82, 2.24) is 0 Å². The van der Waals surface area contributed by atoms with Gasteiger partial charge in [0.1, 0.15) is 17.9 Å². The summed E-state index contributed by atoms with van der Waals surface area (Å²) in [4.78, 5) is 11.2. The summed E-state index contributed by atoms with van der Waals surface area (Å²) in [5.74, 6) is 0.697. The summed E-state index contributed by atoms with van der Waals surface area (Å²) in [6.45, 7) is 6.86. The van der Waals surface area contributed by atoms with Gasteiger partial charge in [0.25, 0.3) is 0 Å². The van der Waals surface area contributed by atoms with Crippen molar-refractivity contribution in [3.05, 3.63) is 52.4 Å². The van der Waals surface area contributed by atoms with Crippen LogP contribution in [0.3, 0.4) is 0 Å². The highest BCUT2D eigenvalue weighted by Gasteiger charge is 2.46. The van der Waals surface area contributed by atoms with Crippen LogP contribution < -0.4 is 10.4 Å². The van der Waals surface area contributed by atoms with Crippen molar-refractivity contribution in [1.29, 1.82) is 0 Å². The Balaban J connectivity index is 1.53. The second-order valence-electron chi connectivity index (χ2n) is 6.56. The summed E-state index contributed by atoms with van der Waals surface area (Å²) in [6.07, 6.45) is 4.54. The average Bonchev–Trinajstić information content (AvgIpc) is 3.12. The van der Waals surface area contributed by atoms with Gasteiger partial charge >= 0.3 is 5.63 Å². The molecule has 4 heteroatoms. The molecule has 1 aromatic carbocycles. The monoisotopic (exact) mass is 314 g/mol. The topological polar surface area (TPSA) is 52.0 Å². The molecule has 0 radical (unpaired) electrons. The number of fused-ring (bicyclic) bond motifs is 1. The Morgan fingerprint density at radius 3 is 2.78 bits per heavy atom. The van der Waals surface area contributed by atoms with Crippen LogP contribution in [0.2, 0.25) is 0 Å². The number of rotatable bonds is 6. The number of ether oxygens (including phenoxy) is 2. The Morgan fingerprint density at radius 2 is 2.04 bits per heavy atom. The summed E-state index contributed by atoms with van der Waals surface area (Å²) in [6, 6.07) is 8.68. The maximum Gasteiger partial charge on any atom is 0.336 e. The highest BCUT2D eigenvalue weighted by molar-refractivity contribution is 5.77. The molecule has 1 fully saturated rings. The molecule has 1 aromatic heterocycles. The van der Waals surface area contributed by atoms with Crippen molar-refractivity contribution in [2.24, 2.45) is 0 Å². The fraction of sp³-hybridized carbons (Fsp3) is 0.421. The van der Waals surface area contributed by atoms with E-state index >= 15 is 0 Å². The molecule has 1 saturated heterocycles. The first-order valence-corrected chi connectivity index (χ1v) is 7.94. The third-order valence-electron chi connectivity index (χ3n) is 4.24. The largest absolute Gasteiger partial charge is 0.489 e. The van der Waals surface area contributed by atoms with Crippen LogP contribution in [0.15, 0.2) is 51.2 Å².